The Kier molecular flexibility index (Phi) is 29.7. The van der Waals surface area contributed by atoms with Crippen molar-refractivity contribution in [1.29, 1.82) is 0 Å². The van der Waals surface area contributed by atoms with Crippen molar-refractivity contribution >= 4 is 17.9 Å². The Morgan fingerprint density at radius 3 is 1.75 bits per heavy atom. The molecule has 20 nitrogen and oxygen atoms in total. The number of rotatable bonds is 35. The molecule has 3 heterocycles. The minimum absolute atomic E-state index is 0.0192. The Hall–Kier alpha value is -2.15. The lowest BCUT2D eigenvalue weighted by atomic mass is 9.98. The topological polar surface area (TPSA) is 307 Å². The smallest absolute Gasteiger partial charge is 0.332 e. The normalized spacial score (nSPS) is 31.0. The van der Waals surface area contributed by atoms with E-state index in [1.165, 1.54) is 0 Å². The van der Waals surface area contributed by atoms with Gasteiger partial charge in [0.1, 0.15) is 61.5 Å². The molecule has 3 fully saturated rings. The zero-order valence-corrected chi connectivity index (χ0v) is 41.5. The third-order valence-electron chi connectivity index (χ3n) is 13.0. The largest absolute Gasteiger partial charge is 0.479 e. The Morgan fingerprint density at radius 1 is 0.609 bits per heavy atom. The van der Waals surface area contributed by atoms with Gasteiger partial charge in [0.2, 0.25) is 0 Å². The Labute approximate surface area is 408 Å². The van der Waals surface area contributed by atoms with Crippen LogP contribution in [0.15, 0.2) is 0 Å². The summed E-state index contributed by atoms with van der Waals surface area (Å²) in [6.45, 7) is 5.68. The number of hydrogen-bond acceptors (Lipinski definition) is 19. The number of aliphatic carboxylic acids is 1. The van der Waals surface area contributed by atoms with Crippen LogP contribution in [0.2, 0.25) is 0 Å². The SMILES string of the molecule is CCCCCCC(CCCC(O)CCCCCCCCCCCCCC(O)C(=O)O)O[C@H]1OC[C@H](O)[C@@H](O)[C@@H]1O[C@H]1OC[C@H](OC(C)=O)[C@@H](O)[C@@H]1O[C@H]1O[C@@H](COC(=O)CC(C)C)[C@H](O)[C@@H](O)[C@@H]1O. The van der Waals surface area contributed by atoms with E-state index in [2.05, 4.69) is 6.92 Å². The first-order valence-corrected chi connectivity index (χ1v) is 25.8. The summed E-state index contributed by atoms with van der Waals surface area (Å²) in [5.74, 6) is -2.51. The van der Waals surface area contributed by atoms with Crippen molar-refractivity contribution in [2.24, 2.45) is 5.92 Å². The number of hydrogen-bond donors (Lipinski definition) is 9. The zero-order valence-electron chi connectivity index (χ0n) is 41.5. The Morgan fingerprint density at radius 2 is 1.14 bits per heavy atom. The van der Waals surface area contributed by atoms with E-state index in [9.17, 15) is 55.2 Å². The quantitative estimate of drug-likeness (QED) is 0.0325. The maximum absolute atomic E-state index is 12.3. The first kappa shape index (κ1) is 61.2. The number of ether oxygens (including phenoxy) is 8. The number of carboxylic acids is 1. The average molecular weight is 997 g/mol. The van der Waals surface area contributed by atoms with Crippen LogP contribution in [0, 0.1) is 5.92 Å². The van der Waals surface area contributed by atoms with Crippen molar-refractivity contribution in [2.45, 2.75) is 267 Å². The first-order chi connectivity index (χ1) is 32.9. The number of aliphatic hydroxyl groups is 8. The van der Waals surface area contributed by atoms with Gasteiger partial charge in [-0.05, 0) is 44.4 Å². The third-order valence-corrected chi connectivity index (χ3v) is 13.0. The predicted molar refractivity (Wildman–Crippen MR) is 247 cm³/mol. The molecule has 16 atom stereocenters. The van der Waals surface area contributed by atoms with E-state index in [0.717, 1.165) is 103 Å². The van der Waals surface area contributed by atoms with Crippen molar-refractivity contribution in [1.82, 2.24) is 0 Å². The molecule has 404 valence electrons. The Bertz CT molecular complexity index is 1410. The van der Waals surface area contributed by atoms with E-state index >= 15 is 0 Å². The van der Waals surface area contributed by atoms with Gasteiger partial charge >= 0.3 is 17.9 Å². The van der Waals surface area contributed by atoms with Crippen molar-refractivity contribution in [3.05, 3.63) is 0 Å². The zero-order chi connectivity index (χ0) is 50.9. The maximum Gasteiger partial charge on any atom is 0.332 e. The average Bonchev–Trinajstić information content (AvgIpc) is 3.29. The molecule has 20 heteroatoms. The fraction of sp³-hybridized carbons (Fsp3) is 0.939. The number of unbranched alkanes of at least 4 members (excludes halogenated alkanes) is 13. The molecule has 0 saturated carbocycles. The molecule has 0 aliphatic carbocycles. The second kappa shape index (κ2) is 33.6. The van der Waals surface area contributed by atoms with E-state index in [1.807, 2.05) is 13.8 Å². The highest BCUT2D eigenvalue weighted by atomic mass is 16.8. The Balaban J connectivity index is 1.59. The molecule has 3 saturated heterocycles. The molecule has 0 amide bonds. The molecule has 3 aliphatic heterocycles. The van der Waals surface area contributed by atoms with Gasteiger partial charge in [0.15, 0.2) is 31.1 Å². The van der Waals surface area contributed by atoms with Crippen molar-refractivity contribution in [3.8, 4) is 0 Å². The lowest BCUT2D eigenvalue weighted by Gasteiger charge is -2.46. The van der Waals surface area contributed by atoms with Crippen LogP contribution >= 0.6 is 0 Å². The number of aliphatic hydroxyl groups excluding tert-OH is 8. The summed E-state index contributed by atoms with van der Waals surface area (Å²) in [6.07, 6.45) is -3.86. The van der Waals surface area contributed by atoms with Crippen molar-refractivity contribution < 1.29 is 98.2 Å². The molecule has 0 aromatic carbocycles. The van der Waals surface area contributed by atoms with Gasteiger partial charge in [-0.1, -0.05) is 117 Å². The minimum Gasteiger partial charge on any atom is -0.479 e. The maximum atomic E-state index is 12.3. The fourth-order valence-corrected chi connectivity index (χ4v) is 8.83. The van der Waals surface area contributed by atoms with E-state index in [-0.39, 0.29) is 25.0 Å². The van der Waals surface area contributed by atoms with E-state index in [1.54, 1.807) is 0 Å². The fourth-order valence-electron chi connectivity index (χ4n) is 8.83. The molecular formula is C49H88O20. The highest BCUT2D eigenvalue weighted by Gasteiger charge is 2.52. The summed E-state index contributed by atoms with van der Waals surface area (Å²) < 4.78 is 46.9. The molecule has 3 unspecified atom stereocenters. The first-order valence-electron chi connectivity index (χ1n) is 25.8. The molecule has 0 spiro atoms. The predicted octanol–water partition coefficient (Wildman–Crippen LogP) is 3.28. The molecule has 9 N–H and O–H groups in total. The van der Waals surface area contributed by atoms with Crippen molar-refractivity contribution in [2.75, 3.05) is 19.8 Å². The monoisotopic (exact) mass is 997 g/mol. The number of esters is 2. The van der Waals surface area contributed by atoms with Gasteiger partial charge in [-0.25, -0.2) is 4.79 Å². The van der Waals surface area contributed by atoms with Gasteiger partial charge in [0.05, 0.1) is 25.4 Å². The summed E-state index contributed by atoms with van der Waals surface area (Å²) in [7, 11) is 0. The molecular weight excluding hydrogens is 909 g/mol. The van der Waals surface area contributed by atoms with Gasteiger partial charge in [0.25, 0.3) is 0 Å². The van der Waals surface area contributed by atoms with Crippen LogP contribution in [0.5, 0.6) is 0 Å². The molecule has 69 heavy (non-hydrogen) atoms. The third kappa shape index (κ3) is 22.7. The molecule has 0 bridgehead atoms. The van der Waals surface area contributed by atoms with Crippen LogP contribution in [0.4, 0.5) is 0 Å². The summed E-state index contributed by atoms with van der Waals surface area (Å²) in [5.41, 5.74) is 0. The van der Waals surface area contributed by atoms with E-state index in [4.69, 9.17) is 43.0 Å². The lowest BCUT2D eigenvalue weighted by Crippen LogP contribution is -2.65. The number of carbonyl (C=O) groups excluding carboxylic acids is 2. The molecule has 0 radical (unpaired) electrons. The van der Waals surface area contributed by atoms with Crippen LogP contribution in [-0.4, -0.2) is 182 Å². The summed E-state index contributed by atoms with van der Waals surface area (Å²) in [4.78, 5) is 35.0. The van der Waals surface area contributed by atoms with Gasteiger partial charge < -0.3 is 83.9 Å². The standard InChI is InChI=1S/C49H88O20/c1-5-6-7-18-23-33(24-20-22-32(51)21-17-15-13-11-9-8-10-12-14-16-19-25-34(52)46(60)61)66-48-44(39(55)35(53)27-63-48)69-49-45(41(57)37(29-64-49)65-31(4)50)68-47-43(59)42(58)40(56)36(67-47)28-62-38(54)26-30(2)3/h30,32-37,39-45,47-49,51-53,55-59H,5-29H2,1-4H3,(H,60,61)/t32?,33?,34?,35-,36-,37-,39+,40-,41+,42+,43-,44-,45-,47+,48+,49+/m0/s1. The summed E-state index contributed by atoms with van der Waals surface area (Å²) in [6, 6.07) is 0. The molecule has 0 aromatic rings. The number of carbonyl (C=O) groups is 3. The summed E-state index contributed by atoms with van der Waals surface area (Å²) in [5, 5.41) is 95.0. The van der Waals surface area contributed by atoms with E-state index in [0.29, 0.717) is 38.5 Å². The van der Waals surface area contributed by atoms with Crippen molar-refractivity contribution in [3.63, 3.8) is 0 Å². The highest BCUT2D eigenvalue weighted by Crippen LogP contribution is 2.33. The molecule has 3 rings (SSSR count). The van der Waals surface area contributed by atoms with Gasteiger partial charge in [-0.3, -0.25) is 9.59 Å². The van der Waals surface area contributed by atoms with Crippen LogP contribution in [0.3, 0.4) is 0 Å². The van der Waals surface area contributed by atoms with Gasteiger partial charge in [-0.15, -0.1) is 0 Å². The van der Waals surface area contributed by atoms with Crippen LogP contribution in [0.1, 0.15) is 169 Å². The molecule has 0 aromatic heterocycles. The van der Waals surface area contributed by atoms with Crippen LogP contribution in [0.25, 0.3) is 0 Å². The van der Waals surface area contributed by atoms with Gasteiger partial charge in [0, 0.05) is 13.3 Å². The minimum atomic E-state index is -1.90. The van der Waals surface area contributed by atoms with E-state index < -0.39 is 123 Å². The number of carboxylic acid groups (broad SMARTS) is 1. The molecule has 3 aliphatic rings. The second-order valence-corrected chi connectivity index (χ2v) is 19.6. The lowest BCUT2D eigenvalue weighted by molar-refractivity contribution is -0.380. The van der Waals surface area contributed by atoms with Crippen LogP contribution in [-0.2, 0) is 52.3 Å². The van der Waals surface area contributed by atoms with Gasteiger partial charge in [-0.2, -0.15) is 0 Å². The van der Waals surface area contributed by atoms with Crippen LogP contribution < -0.4 is 0 Å². The summed E-state index contributed by atoms with van der Waals surface area (Å²) >= 11 is 0. The second-order valence-electron chi connectivity index (χ2n) is 19.6. The highest BCUT2D eigenvalue weighted by molar-refractivity contribution is 5.71.